The molecule has 2 aromatic carbocycles. The van der Waals surface area contributed by atoms with Crippen LogP contribution in [0.25, 0.3) is 16.7 Å². The average Bonchev–Trinajstić information content (AvgIpc) is 3.52. The number of amides is 1. The van der Waals surface area contributed by atoms with Crippen molar-refractivity contribution in [2.24, 2.45) is 0 Å². The standard InChI is InChI=1S/C25H24N2O7/c1-25(2,3)34-24(29)27-20(23(28)30-4)21(16-12-26-17-8-6-5-7-15(16)17)33-22(27)14-9-10-18-19(11-14)32-13-31-18/h5-12,22,26H,13H2,1-4H3. The Morgan fingerprint density at radius 1 is 1.09 bits per heavy atom. The Labute approximate surface area is 195 Å². The summed E-state index contributed by atoms with van der Waals surface area (Å²) < 4.78 is 27.9. The number of fused-ring (bicyclic) bond motifs is 2. The maximum Gasteiger partial charge on any atom is 0.418 e. The molecule has 1 atom stereocenters. The van der Waals surface area contributed by atoms with E-state index in [9.17, 15) is 9.59 Å². The number of esters is 1. The monoisotopic (exact) mass is 464 g/mol. The van der Waals surface area contributed by atoms with Crippen LogP contribution in [0.4, 0.5) is 4.79 Å². The molecule has 9 heteroatoms. The van der Waals surface area contributed by atoms with E-state index in [1.54, 1.807) is 45.2 Å². The number of aromatic nitrogens is 1. The number of H-pyrrole nitrogens is 1. The summed E-state index contributed by atoms with van der Waals surface area (Å²) in [5.41, 5.74) is 1.19. The van der Waals surface area contributed by atoms with Gasteiger partial charge in [-0.3, -0.25) is 0 Å². The maximum absolute atomic E-state index is 13.4. The van der Waals surface area contributed by atoms with Crippen molar-refractivity contribution in [1.29, 1.82) is 0 Å². The first-order chi connectivity index (χ1) is 16.3. The SMILES string of the molecule is COC(=O)C1=C(c2c[nH]c3ccccc23)OC(c2ccc3c(c2)OCO3)N1C(=O)OC(C)(C)C. The van der Waals surface area contributed by atoms with Gasteiger partial charge in [0, 0.05) is 28.2 Å². The Kier molecular flexibility index (Phi) is 5.11. The summed E-state index contributed by atoms with van der Waals surface area (Å²) in [7, 11) is 1.25. The molecule has 0 aliphatic carbocycles. The third kappa shape index (κ3) is 3.68. The highest BCUT2D eigenvalue weighted by atomic mass is 16.7. The molecule has 1 amide bonds. The van der Waals surface area contributed by atoms with Crippen molar-refractivity contribution in [1.82, 2.24) is 9.88 Å². The van der Waals surface area contributed by atoms with Gasteiger partial charge in [0.2, 0.25) is 13.0 Å². The lowest BCUT2D eigenvalue weighted by atomic mass is 10.1. The van der Waals surface area contributed by atoms with E-state index in [-0.39, 0.29) is 18.2 Å². The zero-order valence-electron chi connectivity index (χ0n) is 19.2. The van der Waals surface area contributed by atoms with Crippen molar-refractivity contribution in [3.63, 3.8) is 0 Å². The third-order valence-electron chi connectivity index (χ3n) is 5.40. The van der Waals surface area contributed by atoms with Crippen LogP contribution in [-0.4, -0.2) is 41.5 Å². The lowest BCUT2D eigenvalue weighted by molar-refractivity contribution is -0.138. The molecule has 3 aromatic rings. The summed E-state index contributed by atoms with van der Waals surface area (Å²) in [6, 6.07) is 12.8. The first-order valence-corrected chi connectivity index (χ1v) is 10.7. The van der Waals surface area contributed by atoms with Crippen LogP contribution in [0.3, 0.4) is 0 Å². The van der Waals surface area contributed by atoms with Gasteiger partial charge >= 0.3 is 12.1 Å². The zero-order valence-corrected chi connectivity index (χ0v) is 19.2. The lowest BCUT2D eigenvalue weighted by Crippen LogP contribution is -2.38. The van der Waals surface area contributed by atoms with Crippen LogP contribution in [0.5, 0.6) is 11.5 Å². The number of carbonyl (C=O) groups is 2. The molecule has 0 radical (unpaired) electrons. The number of carbonyl (C=O) groups excluding carboxylic acids is 2. The molecule has 0 saturated carbocycles. The molecule has 5 rings (SSSR count). The van der Waals surface area contributed by atoms with E-state index < -0.39 is 23.9 Å². The lowest BCUT2D eigenvalue weighted by Gasteiger charge is -2.28. The first-order valence-electron chi connectivity index (χ1n) is 10.7. The number of nitrogens with zero attached hydrogens (tertiary/aromatic N) is 1. The van der Waals surface area contributed by atoms with Crippen LogP contribution in [-0.2, 0) is 19.0 Å². The van der Waals surface area contributed by atoms with Gasteiger partial charge in [0.25, 0.3) is 0 Å². The number of nitrogens with one attached hydrogen (secondary N) is 1. The van der Waals surface area contributed by atoms with Gasteiger partial charge in [-0.15, -0.1) is 0 Å². The number of benzene rings is 2. The number of rotatable bonds is 3. The predicted molar refractivity (Wildman–Crippen MR) is 122 cm³/mol. The van der Waals surface area contributed by atoms with Crippen molar-refractivity contribution < 1.29 is 33.3 Å². The third-order valence-corrected chi connectivity index (χ3v) is 5.40. The summed E-state index contributed by atoms with van der Waals surface area (Å²) in [5, 5.41) is 0.828. The van der Waals surface area contributed by atoms with Crippen molar-refractivity contribution in [3.05, 3.63) is 65.5 Å². The van der Waals surface area contributed by atoms with E-state index in [0.29, 0.717) is 22.6 Å². The van der Waals surface area contributed by atoms with Crippen LogP contribution in [0.1, 0.15) is 38.1 Å². The smallest absolute Gasteiger partial charge is 0.418 e. The minimum Gasteiger partial charge on any atom is -0.464 e. The van der Waals surface area contributed by atoms with Gasteiger partial charge in [-0.05, 0) is 45.0 Å². The number of aromatic amines is 1. The molecule has 2 aliphatic heterocycles. The van der Waals surface area contributed by atoms with Gasteiger partial charge in [0.15, 0.2) is 23.0 Å². The van der Waals surface area contributed by atoms with E-state index in [1.165, 1.54) is 12.0 Å². The Morgan fingerprint density at radius 3 is 2.62 bits per heavy atom. The molecule has 34 heavy (non-hydrogen) atoms. The van der Waals surface area contributed by atoms with Gasteiger partial charge in [0.1, 0.15) is 5.60 Å². The second kappa shape index (κ2) is 8.02. The first kappa shape index (κ1) is 21.7. The van der Waals surface area contributed by atoms with Crippen LogP contribution < -0.4 is 9.47 Å². The molecular formula is C25H24N2O7. The van der Waals surface area contributed by atoms with Crippen LogP contribution in [0.15, 0.2) is 54.4 Å². The molecule has 0 spiro atoms. The number of para-hydroxylation sites is 1. The average molecular weight is 464 g/mol. The summed E-state index contributed by atoms with van der Waals surface area (Å²) >= 11 is 0. The normalized spacial score (nSPS) is 17.2. The Balaban J connectivity index is 1.67. The van der Waals surface area contributed by atoms with Crippen LogP contribution >= 0.6 is 0 Å². The molecular weight excluding hydrogens is 440 g/mol. The largest absolute Gasteiger partial charge is 0.464 e. The highest BCUT2D eigenvalue weighted by Gasteiger charge is 2.46. The molecule has 3 heterocycles. The number of methoxy groups -OCH3 is 1. The van der Waals surface area contributed by atoms with E-state index in [0.717, 1.165) is 10.9 Å². The Hall–Kier alpha value is -4.14. The molecule has 9 nitrogen and oxygen atoms in total. The highest BCUT2D eigenvalue weighted by Crippen LogP contribution is 2.46. The van der Waals surface area contributed by atoms with Crippen molar-refractivity contribution in [2.45, 2.75) is 32.6 Å². The van der Waals surface area contributed by atoms with Crippen LogP contribution in [0.2, 0.25) is 0 Å². The molecule has 0 fully saturated rings. The molecule has 2 aliphatic rings. The van der Waals surface area contributed by atoms with Gasteiger partial charge in [-0.1, -0.05) is 18.2 Å². The molecule has 0 saturated heterocycles. The molecule has 176 valence electrons. The van der Waals surface area contributed by atoms with Gasteiger partial charge in [-0.25, -0.2) is 14.5 Å². The summed E-state index contributed by atoms with van der Waals surface area (Å²) in [4.78, 5) is 30.8. The fourth-order valence-corrected chi connectivity index (χ4v) is 3.97. The molecule has 0 bridgehead atoms. The summed E-state index contributed by atoms with van der Waals surface area (Å²) in [6.07, 6.45) is -0.00868. The number of ether oxygens (including phenoxy) is 5. The highest BCUT2D eigenvalue weighted by molar-refractivity contribution is 6.04. The fourth-order valence-electron chi connectivity index (χ4n) is 3.97. The Morgan fingerprint density at radius 2 is 1.85 bits per heavy atom. The fraction of sp³-hybridized carbons (Fsp3) is 0.280. The summed E-state index contributed by atoms with van der Waals surface area (Å²) in [5.74, 6) is 0.584. The second-order valence-corrected chi connectivity index (χ2v) is 8.85. The topological polar surface area (TPSA) is 99.3 Å². The van der Waals surface area contributed by atoms with E-state index in [4.69, 9.17) is 23.7 Å². The van der Waals surface area contributed by atoms with Gasteiger partial charge in [-0.2, -0.15) is 0 Å². The van der Waals surface area contributed by atoms with Gasteiger partial charge in [0.05, 0.1) is 7.11 Å². The van der Waals surface area contributed by atoms with Crippen LogP contribution in [0, 0.1) is 0 Å². The van der Waals surface area contributed by atoms with E-state index >= 15 is 0 Å². The van der Waals surface area contributed by atoms with Crippen molar-refractivity contribution in [2.75, 3.05) is 13.9 Å². The quantitative estimate of drug-likeness (QED) is 0.561. The Bertz CT molecular complexity index is 1320. The minimum absolute atomic E-state index is 0.0517. The van der Waals surface area contributed by atoms with Crippen molar-refractivity contribution >= 4 is 28.7 Å². The van der Waals surface area contributed by atoms with E-state index in [2.05, 4.69) is 4.98 Å². The minimum atomic E-state index is -0.998. The number of hydrogen-bond acceptors (Lipinski definition) is 7. The zero-order chi connectivity index (χ0) is 24.0. The molecule has 1 unspecified atom stereocenters. The van der Waals surface area contributed by atoms with Crippen molar-refractivity contribution in [3.8, 4) is 11.5 Å². The summed E-state index contributed by atoms with van der Waals surface area (Å²) in [6.45, 7) is 5.35. The predicted octanol–water partition coefficient (Wildman–Crippen LogP) is 4.70. The van der Waals surface area contributed by atoms with Gasteiger partial charge < -0.3 is 28.7 Å². The van der Waals surface area contributed by atoms with E-state index in [1.807, 2.05) is 24.3 Å². The second-order valence-electron chi connectivity index (χ2n) is 8.85. The number of hydrogen-bond donors (Lipinski definition) is 1. The molecule has 1 aromatic heterocycles. The molecule has 1 N–H and O–H groups in total. The maximum atomic E-state index is 13.4.